The molecule has 0 aliphatic carbocycles. The van der Waals surface area contributed by atoms with Crippen molar-refractivity contribution in [3.8, 4) is 0 Å². The molecular formula is C15H20O2. The smallest absolute Gasteiger partial charge is 0.111 e. The number of hydrogen-bond donors (Lipinski definition) is 0. The third-order valence-corrected chi connectivity index (χ3v) is 2.92. The zero-order valence-corrected chi connectivity index (χ0v) is 10.4. The molecule has 0 atom stereocenters. The molecule has 2 heteroatoms. The Labute approximate surface area is 103 Å². The Balaban J connectivity index is 1.79. The monoisotopic (exact) mass is 232 g/mol. The average Bonchev–Trinajstić information content (AvgIpc) is 2.77. The molecule has 0 saturated heterocycles. The van der Waals surface area contributed by atoms with E-state index in [2.05, 4.69) is 25.1 Å². The van der Waals surface area contributed by atoms with E-state index < -0.39 is 0 Å². The highest BCUT2D eigenvalue weighted by Gasteiger charge is 2.04. The van der Waals surface area contributed by atoms with E-state index in [1.807, 2.05) is 12.3 Å². The molecule has 1 heterocycles. The number of rotatable bonds is 7. The van der Waals surface area contributed by atoms with Crippen molar-refractivity contribution < 1.29 is 9.15 Å². The average molecular weight is 232 g/mol. The quantitative estimate of drug-likeness (QED) is 0.668. The maximum atomic E-state index is 5.59. The Morgan fingerprint density at radius 3 is 2.82 bits per heavy atom. The summed E-state index contributed by atoms with van der Waals surface area (Å²) in [6, 6.07) is 8.29. The summed E-state index contributed by atoms with van der Waals surface area (Å²) in [6.07, 6.45) is 6.18. The van der Waals surface area contributed by atoms with Crippen molar-refractivity contribution in [1.82, 2.24) is 0 Å². The molecule has 0 N–H and O–H groups in total. The van der Waals surface area contributed by atoms with Crippen molar-refractivity contribution in [2.75, 3.05) is 13.2 Å². The van der Waals surface area contributed by atoms with Crippen molar-refractivity contribution in [3.05, 3.63) is 36.3 Å². The Hall–Kier alpha value is -1.28. The van der Waals surface area contributed by atoms with Gasteiger partial charge in [-0.3, -0.25) is 0 Å². The van der Waals surface area contributed by atoms with E-state index in [1.54, 1.807) is 0 Å². The minimum absolute atomic E-state index is 0.828. The van der Waals surface area contributed by atoms with Crippen LogP contribution in [0.3, 0.4) is 0 Å². The van der Waals surface area contributed by atoms with Crippen LogP contribution >= 0.6 is 0 Å². The van der Waals surface area contributed by atoms with Crippen LogP contribution in [-0.2, 0) is 11.2 Å². The van der Waals surface area contributed by atoms with Crippen LogP contribution in [0, 0.1) is 0 Å². The number of fused-ring (bicyclic) bond motifs is 1. The summed E-state index contributed by atoms with van der Waals surface area (Å²) < 4.78 is 11.1. The minimum atomic E-state index is 0.828. The first-order chi connectivity index (χ1) is 8.42. The van der Waals surface area contributed by atoms with Gasteiger partial charge in [-0.15, -0.1) is 0 Å². The zero-order chi connectivity index (χ0) is 11.9. The number of ether oxygens (including phenoxy) is 1. The molecule has 1 aromatic carbocycles. The minimum Gasteiger partial charge on any atom is -0.468 e. The largest absolute Gasteiger partial charge is 0.468 e. The summed E-state index contributed by atoms with van der Waals surface area (Å²) in [6.45, 7) is 3.89. The molecule has 0 fully saturated rings. The molecule has 17 heavy (non-hydrogen) atoms. The second kappa shape index (κ2) is 6.45. The number of furan rings is 1. The zero-order valence-electron chi connectivity index (χ0n) is 10.4. The Morgan fingerprint density at radius 1 is 1.12 bits per heavy atom. The lowest BCUT2D eigenvalue weighted by Crippen LogP contribution is -1.98. The summed E-state index contributed by atoms with van der Waals surface area (Å²) >= 11 is 0. The Morgan fingerprint density at radius 2 is 1.94 bits per heavy atom. The molecule has 92 valence electrons. The van der Waals surface area contributed by atoms with Gasteiger partial charge in [0.25, 0.3) is 0 Å². The van der Waals surface area contributed by atoms with Crippen molar-refractivity contribution in [2.45, 2.75) is 32.6 Å². The molecule has 0 aliphatic rings. The first kappa shape index (κ1) is 12.2. The highest BCUT2D eigenvalue weighted by molar-refractivity contribution is 5.83. The van der Waals surface area contributed by atoms with Crippen LogP contribution in [0.25, 0.3) is 10.8 Å². The molecule has 0 radical (unpaired) electrons. The number of unbranched alkanes of at least 4 members (excludes halogenated alkanes) is 1. The normalized spacial score (nSPS) is 11.1. The second-order valence-electron chi connectivity index (χ2n) is 4.32. The van der Waals surface area contributed by atoms with E-state index >= 15 is 0 Å². The van der Waals surface area contributed by atoms with Crippen LogP contribution in [0.15, 0.2) is 34.9 Å². The van der Waals surface area contributed by atoms with Gasteiger partial charge in [-0.25, -0.2) is 0 Å². The van der Waals surface area contributed by atoms with Crippen molar-refractivity contribution >= 4 is 10.8 Å². The van der Waals surface area contributed by atoms with Gasteiger partial charge in [-0.1, -0.05) is 37.6 Å². The lowest BCUT2D eigenvalue weighted by atomic mass is 10.1. The molecule has 0 bridgehead atoms. The van der Waals surface area contributed by atoms with Gasteiger partial charge in [0, 0.05) is 30.4 Å². The molecule has 2 rings (SSSR count). The van der Waals surface area contributed by atoms with Crippen LogP contribution in [0.4, 0.5) is 0 Å². The summed E-state index contributed by atoms with van der Waals surface area (Å²) in [5.41, 5.74) is 0. The maximum absolute atomic E-state index is 5.59. The maximum Gasteiger partial charge on any atom is 0.111 e. The molecule has 0 amide bonds. The second-order valence-corrected chi connectivity index (χ2v) is 4.32. The van der Waals surface area contributed by atoms with E-state index in [0.29, 0.717) is 0 Å². The highest BCUT2D eigenvalue weighted by Crippen LogP contribution is 2.21. The first-order valence-corrected chi connectivity index (χ1v) is 6.44. The van der Waals surface area contributed by atoms with Gasteiger partial charge < -0.3 is 9.15 Å². The number of hydrogen-bond acceptors (Lipinski definition) is 2. The van der Waals surface area contributed by atoms with Crippen LogP contribution in [0.2, 0.25) is 0 Å². The molecule has 0 aliphatic heterocycles. The molecule has 0 unspecified atom stereocenters. The highest BCUT2D eigenvalue weighted by atomic mass is 16.5. The van der Waals surface area contributed by atoms with Crippen LogP contribution in [0.1, 0.15) is 31.9 Å². The van der Waals surface area contributed by atoms with Crippen molar-refractivity contribution in [2.24, 2.45) is 0 Å². The number of benzene rings is 1. The lowest BCUT2D eigenvalue weighted by molar-refractivity contribution is 0.128. The topological polar surface area (TPSA) is 22.4 Å². The van der Waals surface area contributed by atoms with Gasteiger partial charge in [0.15, 0.2) is 0 Å². The Kier molecular flexibility index (Phi) is 4.63. The molecule has 0 spiro atoms. The van der Waals surface area contributed by atoms with Gasteiger partial charge in [0.2, 0.25) is 0 Å². The third-order valence-electron chi connectivity index (χ3n) is 2.92. The first-order valence-electron chi connectivity index (χ1n) is 6.44. The van der Waals surface area contributed by atoms with Crippen LogP contribution in [0.5, 0.6) is 0 Å². The van der Waals surface area contributed by atoms with Gasteiger partial charge in [0.05, 0.1) is 6.26 Å². The summed E-state index contributed by atoms with van der Waals surface area (Å²) in [5.74, 6) is 1.08. The fraction of sp³-hybridized carbons (Fsp3) is 0.467. The van der Waals surface area contributed by atoms with Gasteiger partial charge in [0.1, 0.15) is 5.76 Å². The van der Waals surface area contributed by atoms with Crippen molar-refractivity contribution in [1.29, 1.82) is 0 Å². The van der Waals surface area contributed by atoms with E-state index in [-0.39, 0.29) is 0 Å². The third kappa shape index (κ3) is 3.34. The fourth-order valence-electron chi connectivity index (χ4n) is 1.93. The predicted octanol–water partition coefficient (Wildman–Crippen LogP) is 4.18. The predicted molar refractivity (Wildman–Crippen MR) is 70.3 cm³/mol. The number of aryl methyl sites for hydroxylation is 1. The van der Waals surface area contributed by atoms with Gasteiger partial charge in [-0.2, -0.15) is 0 Å². The molecule has 2 aromatic rings. The lowest BCUT2D eigenvalue weighted by Gasteiger charge is -2.02. The van der Waals surface area contributed by atoms with Crippen LogP contribution < -0.4 is 0 Å². The molecular weight excluding hydrogens is 212 g/mol. The SMILES string of the molecule is CCCCOCCCc1occ2ccccc12. The van der Waals surface area contributed by atoms with Gasteiger partial charge >= 0.3 is 0 Å². The summed E-state index contributed by atoms with van der Waals surface area (Å²) in [7, 11) is 0. The molecule has 1 aromatic heterocycles. The molecule has 0 saturated carbocycles. The van der Waals surface area contributed by atoms with E-state index in [0.717, 1.165) is 38.2 Å². The summed E-state index contributed by atoms with van der Waals surface area (Å²) in [4.78, 5) is 0. The van der Waals surface area contributed by atoms with E-state index in [1.165, 1.54) is 17.2 Å². The fourth-order valence-corrected chi connectivity index (χ4v) is 1.93. The Bertz CT molecular complexity index is 445. The molecule has 2 nitrogen and oxygen atoms in total. The van der Waals surface area contributed by atoms with E-state index in [4.69, 9.17) is 9.15 Å². The summed E-state index contributed by atoms with van der Waals surface area (Å²) in [5, 5.41) is 2.43. The van der Waals surface area contributed by atoms with E-state index in [9.17, 15) is 0 Å². The van der Waals surface area contributed by atoms with Crippen molar-refractivity contribution in [3.63, 3.8) is 0 Å². The van der Waals surface area contributed by atoms with Crippen LogP contribution in [-0.4, -0.2) is 13.2 Å². The van der Waals surface area contributed by atoms with Gasteiger partial charge in [-0.05, 0) is 12.8 Å². The standard InChI is InChI=1S/C15H20O2/c1-2-3-10-16-11-6-9-15-14-8-5-4-7-13(14)12-17-15/h4-5,7-8,12H,2-3,6,9-11H2,1H3.